The highest BCUT2D eigenvalue weighted by atomic mass is 16.3. The topological polar surface area (TPSA) is 37.3 Å². The summed E-state index contributed by atoms with van der Waals surface area (Å²) in [4.78, 5) is 12.4. The quantitative estimate of drug-likeness (QED) is 0.626. The summed E-state index contributed by atoms with van der Waals surface area (Å²) in [5.41, 5.74) is 7.96. The minimum absolute atomic E-state index is 0.146. The Kier molecular flexibility index (Phi) is 4.12. The lowest BCUT2D eigenvalue weighted by atomic mass is 9.77. The molecular formula is C20H26O2. The normalized spacial score (nSPS) is 23.6. The second-order valence-corrected chi connectivity index (χ2v) is 6.86. The minimum atomic E-state index is 0.146. The van der Waals surface area contributed by atoms with Gasteiger partial charge in [-0.3, -0.25) is 4.79 Å². The van der Waals surface area contributed by atoms with Crippen molar-refractivity contribution in [1.82, 2.24) is 0 Å². The number of carbonyl (C=O) groups is 1. The summed E-state index contributed by atoms with van der Waals surface area (Å²) in [5.74, 6) is 0.768. The Bertz CT molecular complexity index is 652. The number of Topliss-reactive ketones (excluding diaryl/α,β-unsaturated/α-hetero) is 1. The standard InChI is InChI=1S/C20H26O2/c1-4-19(21)17-9-8-14(11-20(17)22)18-10-12(2)15-6-5-7-16(15)13(18)3/h10,14,21H,4-9,11H2,1-3H3. The van der Waals surface area contributed by atoms with Crippen LogP contribution < -0.4 is 0 Å². The van der Waals surface area contributed by atoms with Crippen molar-refractivity contribution < 1.29 is 9.90 Å². The van der Waals surface area contributed by atoms with Gasteiger partial charge in [0.1, 0.15) is 0 Å². The van der Waals surface area contributed by atoms with Gasteiger partial charge >= 0.3 is 0 Å². The fraction of sp³-hybridized carbons (Fsp3) is 0.550. The predicted molar refractivity (Wildman–Crippen MR) is 89.5 cm³/mol. The van der Waals surface area contributed by atoms with Crippen molar-refractivity contribution in [3.8, 4) is 0 Å². The van der Waals surface area contributed by atoms with E-state index in [1.807, 2.05) is 6.92 Å². The molecule has 2 aliphatic rings. The third-order valence-electron chi connectivity index (χ3n) is 5.59. The molecule has 0 amide bonds. The fourth-order valence-corrected chi connectivity index (χ4v) is 4.31. The Morgan fingerprint density at radius 3 is 2.64 bits per heavy atom. The Hall–Kier alpha value is -1.57. The summed E-state index contributed by atoms with van der Waals surface area (Å²) in [5, 5.41) is 9.89. The molecule has 22 heavy (non-hydrogen) atoms. The van der Waals surface area contributed by atoms with Gasteiger partial charge in [-0.25, -0.2) is 0 Å². The van der Waals surface area contributed by atoms with Crippen molar-refractivity contribution in [2.75, 3.05) is 0 Å². The molecule has 1 atom stereocenters. The lowest BCUT2D eigenvalue weighted by Crippen LogP contribution is -2.19. The first-order chi connectivity index (χ1) is 10.5. The zero-order chi connectivity index (χ0) is 15.9. The first-order valence-electron chi connectivity index (χ1n) is 8.59. The van der Waals surface area contributed by atoms with Crippen molar-refractivity contribution in [2.45, 2.75) is 71.6 Å². The largest absolute Gasteiger partial charge is 0.512 e. The van der Waals surface area contributed by atoms with E-state index in [0.717, 1.165) is 12.8 Å². The Morgan fingerprint density at radius 2 is 1.95 bits per heavy atom. The van der Waals surface area contributed by atoms with Crippen LogP contribution >= 0.6 is 0 Å². The molecule has 0 bridgehead atoms. The summed E-state index contributed by atoms with van der Waals surface area (Å²) in [6, 6.07) is 2.33. The summed E-state index contributed by atoms with van der Waals surface area (Å²) in [6.45, 7) is 6.35. The zero-order valence-electron chi connectivity index (χ0n) is 14.0. The van der Waals surface area contributed by atoms with Crippen LogP contribution in [0.15, 0.2) is 17.4 Å². The number of rotatable bonds is 2. The van der Waals surface area contributed by atoms with E-state index in [4.69, 9.17) is 0 Å². The maximum absolute atomic E-state index is 12.4. The highest BCUT2D eigenvalue weighted by Gasteiger charge is 2.29. The van der Waals surface area contributed by atoms with Crippen LogP contribution in [0.25, 0.3) is 0 Å². The lowest BCUT2D eigenvalue weighted by Gasteiger charge is -2.27. The Balaban J connectivity index is 1.91. The molecule has 2 heteroatoms. The number of aliphatic hydroxyl groups excluding tert-OH is 1. The summed E-state index contributed by atoms with van der Waals surface area (Å²) in [6.07, 6.45) is 6.48. The number of fused-ring (bicyclic) bond motifs is 1. The van der Waals surface area contributed by atoms with Gasteiger partial charge in [0.15, 0.2) is 5.78 Å². The van der Waals surface area contributed by atoms with Crippen LogP contribution in [-0.4, -0.2) is 10.9 Å². The van der Waals surface area contributed by atoms with Gasteiger partial charge in [0.2, 0.25) is 0 Å². The van der Waals surface area contributed by atoms with E-state index >= 15 is 0 Å². The van der Waals surface area contributed by atoms with E-state index in [0.29, 0.717) is 30.1 Å². The number of allylic oxidation sites excluding steroid dienone is 2. The highest BCUT2D eigenvalue weighted by molar-refractivity contribution is 5.97. The molecule has 3 rings (SSSR count). The molecule has 2 nitrogen and oxygen atoms in total. The molecule has 1 fully saturated rings. The Labute approximate surface area is 133 Å². The van der Waals surface area contributed by atoms with E-state index in [1.54, 1.807) is 11.1 Å². The van der Waals surface area contributed by atoms with E-state index in [2.05, 4.69) is 19.9 Å². The average Bonchev–Trinajstić information content (AvgIpc) is 3.00. The smallest absolute Gasteiger partial charge is 0.162 e. The predicted octanol–water partition coefficient (Wildman–Crippen LogP) is 4.85. The summed E-state index contributed by atoms with van der Waals surface area (Å²) >= 11 is 0. The third-order valence-corrected chi connectivity index (χ3v) is 5.59. The first kappa shape index (κ1) is 15.3. The molecule has 0 aliphatic heterocycles. The van der Waals surface area contributed by atoms with Crippen LogP contribution in [0.5, 0.6) is 0 Å². The highest BCUT2D eigenvalue weighted by Crippen LogP contribution is 2.40. The molecule has 1 aromatic carbocycles. The second kappa shape index (κ2) is 5.91. The van der Waals surface area contributed by atoms with Gasteiger partial charge in [0, 0.05) is 18.4 Å². The molecule has 2 aliphatic carbocycles. The molecule has 0 saturated heterocycles. The molecule has 0 spiro atoms. The maximum atomic E-state index is 12.4. The molecular weight excluding hydrogens is 272 g/mol. The zero-order valence-corrected chi connectivity index (χ0v) is 14.0. The van der Waals surface area contributed by atoms with Crippen molar-refractivity contribution in [1.29, 1.82) is 0 Å². The van der Waals surface area contributed by atoms with Crippen molar-refractivity contribution in [3.63, 3.8) is 0 Å². The average molecular weight is 298 g/mol. The van der Waals surface area contributed by atoms with Gasteiger partial charge in [0.25, 0.3) is 0 Å². The van der Waals surface area contributed by atoms with E-state index in [-0.39, 0.29) is 5.78 Å². The molecule has 1 saturated carbocycles. The number of aliphatic hydroxyl groups is 1. The van der Waals surface area contributed by atoms with Crippen molar-refractivity contribution in [3.05, 3.63) is 45.2 Å². The molecule has 0 radical (unpaired) electrons. The van der Waals surface area contributed by atoms with E-state index < -0.39 is 0 Å². The SMILES string of the molecule is CCC(O)=C1CCC(c2cc(C)c3c(c2C)CCC3)CC1=O. The minimum Gasteiger partial charge on any atom is -0.512 e. The van der Waals surface area contributed by atoms with Gasteiger partial charge < -0.3 is 5.11 Å². The van der Waals surface area contributed by atoms with Crippen LogP contribution in [0, 0.1) is 13.8 Å². The summed E-state index contributed by atoms with van der Waals surface area (Å²) in [7, 11) is 0. The first-order valence-corrected chi connectivity index (χ1v) is 8.59. The molecule has 1 aromatic rings. The van der Waals surface area contributed by atoms with Crippen LogP contribution in [-0.2, 0) is 17.6 Å². The van der Waals surface area contributed by atoms with E-state index in [1.165, 1.54) is 36.0 Å². The Morgan fingerprint density at radius 1 is 1.23 bits per heavy atom. The van der Waals surface area contributed by atoms with Gasteiger partial charge in [-0.05, 0) is 79.7 Å². The molecule has 0 heterocycles. The van der Waals surface area contributed by atoms with Gasteiger partial charge in [-0.1, -0.05) is 13.0 Å². The molecule has 0 aromatic heterocycles. The maximum Gasteiger partial charge on any atom is 0.162 e. The third kappa shape index (κ3) is 2.49. The lowest BCUT2D eigenvalue weighted by molar-refractivity contribution is -0.117. The van der Waals surface area contributed by atoms with Gasteiger partial charge in [-0.2, -0.15) is 0 Å². The number of hydrogen-bond acceptors (Lipinski definition) is 2. The summed E-state index contributed by atoms with van der Waals surface area (Å²) < 4.78 is 0. The van der Waals surface area contributed by atoms with Crippen molar-refractivity contribution >= 4 is 5.78 Å². The van der Waals surface area contributed by atoms with Gasteiger partial charge in [-0.15, -0.1) is 0 Å². The van der Waals surface area contributed by atoms with E-state index in [9.17, 15) is 9.90 Å². The number of hydrogen-bond donors (Lipinski definition) is 1. The number of carbonyl (C=O) groups excluding carboxylic acids is 1. The van der Waals surface area contributed by atoms with Crippen LogP contribution in [0.4, 0.5) is 0 Å². The van der Waals surface area contributed by atoms with Crippen LogP contribution in [0.2, 0.25) is 0 Å². The van der Waals surface area contributed by atoms with Crippen LogP contribution in [0.3, 0.4) is 0 Å². The number of benzene rings is 1. The van der Waals surface area contributed by atoms with Gasteiger partial charge in [0.05, 0.1) is 5.76 Å². The second-order valence-electron chi connectivity index (χ2n) is 6.86. The number of ketones is 1. The van der Waals surface area contributed by atoms with Crippen molar-refractivity contribution in [2.24, 2.45) is 0 Å². The fourth-order valence-electron chi connectivity index (χ4n) is 4.31. The van der Waals surface area contributed by atoms with Crippen LogP contribution in [0.1, 0.15) is 72.8 Å². The molecule has 118 valence electrons. The molecule has 1 N–H and O–H groups in total. The molecule has 1 unspecified atom stereocenters. The monoisotopic (exact) mass is 298 g/mol. The number of aryl methyl sites for hydroxylation is 1.